The molecule has 3 aromatic heterocycles. The van der Waals surface area contributed by atoms with E-state index in [4.69, 9.17) is 25.2 Å². The summed E-state index contributed by atoms with van der Waals surface area (Å²) in [6, 6.07) is 13.5. The van der Waals surface area contributed by atoms with Gasteiger partial charge >= 0.3 is 5.97 Å². The molecule has 4 aromatic rings. The maximum Gasteiger partial charge on any atom is 0.320 e. The highest BCUT2D eigenvalue weighted by Crippen LogP contribution is 2.42. The van der Waals surface area contributed by atoms with Crippen LogP contribution in [0.4, 0.5) is 5.82 Å². The topological polar surface area (TPSA) is 137 Å². The van der Waals surface area contributed by atoms with Gasteiger partial charge in [0.05, 0.1) is 41.9 Å². The number of anilines is 1. The summed E-state index contributed by atoms with van der Waals surface area (Å²) in [4.78, 5) is 21.9. The molecule has 0 aliphatic heterocycles. The van der Waals surface area contributed by atoms with E-state index in [1.165, 1.54) is 0 Å². The van der Waals surface area contributed by atoms with Crippen molar-refractivity contribution in [3.05, 3.63) is 65.0 Å². The average molecular weight is 684 g/mol. The number of ether oxygens (including phenoxy) is 2. The minimum Gasteiger partial charge on any atom is -0.480 e. The third kappa shape index (κ3) is 7.26. The number of fused-ring (bicyclic) bond motifs is 1. The lowest BCUT2D eigenvalue weighted by molar-refractivity contribution is -0.140. The molecule has 5 rings (SSSR count). The molecule has 234 valence electrons. The van der Waals surface area contributed by atoms with E-state index in [2.05, 4.69) is 26.3 Å². The van der Waals surface area contributed by atoms with Gasteiger partial charge in [-0.2, -0.15) is 21.4 Å². The summed E-state index contributed by atoms with van der Waals surface area (Å²) in [6.07, 6.45) is 9.24. The zero-order valence-electron chi connectivity index (χ0n) is 25.0. The molecule has 1 aliphatic carbocycles. The Labute approximate surface area is 270 Å². The lowest BCUT2D eigenvalue weighted by atomic mass is 9.75. The molecule has 10 nitrogen and oxygen atoms in total. The lowest BCUT2D eigenvalue weighted by Gasteiger charge is -2.42. The number of halogens is 1. The van der Waals surface area contributed by atoms with Crippen LogP contribution in [0.3, 0.4) is 0 Å². The number of hydrogen-bond donors (Lipinski definition) is 3. The maximum atomic E-state index is 12.1. The van der Waals surface area contributed by atoms with E-state index in [9.17, 15) is 9.90 Å². The van der Waals surface area contributed by atoms with Gasteiger partial charge in [-0.25, -0.2) is 4.98 Å². The van der Waals surface area contributed by atoms with E-state index >= 15 is 0 Å². The maximum absolute atomic E-state index is 12.1. The summed E-state index contributed by atoms with van der Waals surface area (Å²) in [5, 5.41) is 18.0. The monoisotopic (exact) mass is 682 g/mol. The number of carboxylic acids is 1. The normalized spacial score (nSPS) is 19.3. The first-order valence-electron chi connectivity index (χ1n) is 14.8. The number of carboxylic acid groups (broad SMARTS) is 1. The third-order valence-electron chi connectivity index (χ3n) is 8.32. The molecule has 1 fully saturated rings. The first-order chi connectivity index (χ1) is 21.4. The number of thioether (sulfide) groups is 1. The van der Waals surface area contributed by atoms with Gasteiger partial charge < -0.3 is 20.3 Å². The van der Waals surface area contributed by atoms with E-state index in [1.807, 2.05) is 54.9 Å². The molecular formula is C32H39BrN6O4S. The minimum atomic E-state index is -0.834. The van der Waals surface area contributed by atoms with Gasteiger partial charge in [0.15, 0.2) is 5.65 Å². The van der Waals surface area contributed by atoms with E-state index in [0.717, 1.165) is 64.0 Å². The van der Waals surface area contributed by atoms with Crippen molar-refractivity contribution in [3.8, 4) is 22.4 Å². The molecule has 0 radical (unpaired) electrons. The third-order valence-corrected chi connectivity index (χ3v) is 9.78. The number of nitrogen functional groups attached to an aromatic ring is 1. The van der Waals surface area contributed by atoms with Gasteiger partial charge in [0.1, 0.15) is 11.9 Å². The van der Waals surface area contributed by atoms with Crippen molar-refractivity contribution in [2.24, 2.45) is 0 Å². The highest BCUT2D eigenvalue weighted by Gasteiger charge is 2.40. The van der Waals surface area contributed by atoms with Gasteiger partial charge in [0.25, 0.3) is 0 Å². The van der Waals surface area contributed by atoms with Crippen LogP contribution in [0, 0.1) is 0 Å². The Morgan fingerprint density at radius 2 is 1.95 bits per heavy atom. The first-order valence-corrected chi connectivity index (χ1v) is 16.9. The number of benzene rings is 1. The second-order valence-electron chi connectivity index (χ2n) is 11.2. The SMILES string of the molecule is COCCOC[C@]1(N[C@@H](CCSC)C(=O)O)CC[C@H](c2nc3c(-c4ccc(-c5ccccc5)nc4)cnn3c(N)c2Br)CC1. The Hall–Kier alpha value is -3.03. The van der Waals surface area contributed by atoms with E-state index in [1.54, 1.807) is 29.6 Å². The smallest absolute Gasteiger partial charge is 0.320 e. The zero-order chi connectivity index (χ0) is 31.1. The van der Waals surface area contributed by atoms with Crippen LogP contribution in [-0.2, 0) is 14.3 Å². The van der Waals surface area contributed by atoms with E-state index < -0.39 is 17.6 Å². The molecule has 3 heterocycles. The number of nitrogens with two attached hydrogens (primary N) is 1. The van der Waals surface area contributed by atoms with Gasteiger partial charge in [-0.05, 0) is 66.1 Å². The largest absolute Gasteiger partial charge is 0.480 e. The number of hydrogen-bond acceptors (Lipinski definition) is 9. The molecule has 0 bridgehead atoms. The van der Waals surface area contributed by atoms with E-state index in [-0.39, 0.29) is 5.92 Å². The highest BCUT2D eigenvalue weighted by molar-refractivity contribution is 9.10. The number of nitrogens with one attached hydrogen (secondary N) is 1. The van der Waals surface area contributed by atoms with Crippen LogP contribution in [0.5, 0.6) is 0 Å². The second-order valence-corrected chi connectivity index (χ2v) is 13.0. The van der Waals surface area contributed by atoms with Gasteiger partial charge in [0, 0.05) is 41.5 Å². The first kappa shape index (κ1) is 32.4. The number of carbonyl (C=O) groups is 1. The van der Waals surface area contributed by atoms with Crippen LogP contribution < -0.4 is 11.1 Å². The molecule has 0 spiro atoms. The molecule has 0 amide bonds. The Morgan fingerprint density at radius 3 is 2.61 bits per heavy atom. The predicted molar refractivity (Wildman–Crippen MR) is 178 cm³/mol. The van der Waals surface area contributed by atoms with Crippen LogP contribution >= 0.6 is 27.7 Å². The summed E-state index contributed by atoms with van der Waals surface area (Å²) < 4.78 is 13.5. The summed E-state index contributed by atoms with van der Waals surface area (Å²) in [6.45, 7) is 1.36. The van der Waals surface area contributed by atoms with Crippen molar-refractivity contribution in [3.63, 3.8) is 0 Å². The van der Waals surface area contributed by atoms with Crippen LogP contribution in [0.2, 0.25) is 0 Å². The fraction of sp³-hybridized carbons (Fsp3) is 0.438. The summed E-state index contributed by atoms with van der Waals surface area (Å²) in [7, 11) is 1.64. The highest BCUT2D eigenvalue weighted by atomic mass is 79.9. The summed E-state index contributed by atoms with van der Waals surface area (Å²) >= 11 is 5.36. The van der Waals surface area contributed by atoms with Crippen molar-refractivity contribution < 1.29 is 19.4 Å². The molecule has 1 atom stereocenters. The lowest BCUT2D eigenvalue weighted by Crippen LogP contribution is -2.57. The number of aromatic nitrogens is 4. The molecule has 1 aliphatic rings. The Morgan fingerprint density at radius 1 is 1.18 bits per heavy atom. The number of methoxy groups -OCH3 is 1. The average Bonchev–Trinajstić information content (AvgIpc) is 3.48. The van der Waals surface area contributed by atoms with Crippen molar-refractivity contribution in [2.75, 3.05) is 44.7 Å². The molecule has 1 aromatic carbocycles. The molecule has 44 heavy (non-hydrogen) atoms. The minimum absolute atomic E-state index is 0.126. The van der Waals surface area contributed by atoms with Crippen molar-refractivity contribution in [2.45, 2.75) is 49.6 Å². The molecule has 0 saturated heterocycles. The summed E-state index contributed by atoms with van der Waals surface area (Å²) in [5.41, 5.74) is 11.4. The van der Waals surface area contributed by atoms with Crippen molar-refractivity contribution in [1.82, 2.24) is 24.9 Å². The van der Waals surface area contributed by atoms with Crippen LogP contribution in [0.25, 0.3) is 28.0 Å². The van der Waals surface area contributed by atoms with Crippen molar-refractivity contribution in [1.29, 1.82) is 0 Å². The summed E-state index contributed by atoms with van der Waals surface area (Å²) in [5.74, 6) is 0.550. The Bertz CT molecular complexity index is 1540. The van der Waals surface area contributed by atoms with E-state index in [0.29, 0.717) is 37.7 Å². The van der Waals surface area contributed by atoms with Gasteiger partial charge in [-0.3, -0.25) is 15.1 Å². The standard InChI is InChI=1S/C32H39BrN6O4S/c1-42-15-16-43-20-32(38-26(31(40)41)12-17-44-2)13-10-22(11-14-32)28-27(33)29(34)39-30(37-28)24(19-36-39)23-8-9-25(35-18-23)21-6-4-3-5-7-21/h3-9,18-19,22,26,38H,10-17,20,34H2,1-2H3,(H,40,41)/t22-,26-,32-/m0/s1. The van der Waals surface area contributed by atoms with Crippen LogP contribution in [-0.4, -0.2) is 81.2 Å². The Balaban J connectivity index is 1.39. The van der Waals surface area contributed by atoms with Gasteiger partial charge in [0.2, 0.25) is 0 Å². The molecule has 0 unspecified atom stereocenters. The quantitative estimate of drug-likeness (QED) is 0.143. The number of pyridine rings is 1. The number of nitrogens with zero attached hydrogens (tertiary/aromatic N) is 4. The predicted octanol–water partition coefficient (Wildman–Crippen LogP) is 5.66. The van der Waals surface area contributed by atoms with Crippen molar-refractivity contribution >= 4 is 45.1 Å². The molecule has 1 saturated carbocycles. The van der Waals surface area contributed by atoms with Gasteiger partial charge in [-0.15, -0.1) is 0 Å². The molecule has 4 N–H and O–H groups in total. The zero-order valence-corrected chi connectivity index (χ0v) is 27.4. The molecule has 12 heteroatoms. The van der Waals surface area contributed by atoms with Gasteiger partial charge in [-0.1, -0.05) is 36.4 Å². The van der Waals surface area contributed by atoms with Crippen LogP contribution in [0.15, 0.2) is 59.3 Å². The molecular weight excluding hydrogens is 644 g/mol. The second kappa shape index (κ2) is 14.8. The number of aliphatic carboxylic acids is 1. The fourth-order valence-electron chi connectivity index (χ4n) is 5.87. The Kier molecular flexibility index (Phi) is 10.9. The fourth-order valence-corrected chi connectivity index (χ4v) is 6.92. The van der Waals surface area contributed by atoms with Crippen LogP contribution in [0.1, 0.15) is 43.7 Å². The number of rotatable bonds is 14.